The van der Waals surface area contributed by atoms with Crippen LogP contribution in [-0.4, -0.2) is 11.1 Å². The quantitative estimate of drug-likeness (QED) is 0.261. The van der Waals surface area contributed by atoms with Crippen LogP contribution in [0, 0.1) is 11.8 Å². The molecule has 0 bridgehead atoms. The van der Waals surface area contributed by atoms with Crippen molar-refractivity contribution in [3.8, 4) is 0 Å². The summed E-state index contributed by atoms with van der Waals surface area (Å²) < 4.78 is 0. The van der Waals surface area contributed by atoms with Gasteiger partial charge in [0.1, 0.15) is 0 Å². The Morgan fingerprint density at radius 1 is 0.667 bits per heavy atom. The van der Waals surface area contributed by atoms with Crippen LogP contribution in [0.5, 0.6) is 0 Å². The average Bonchev–Trinajstić information content (AvgIpc) is 2.54. The highest BCUT2D eigenvalue weighted by molar-refractivity contribution is 5.69. The minimum absolute atomic E-state index is 0.115. The summed E-state index contributed by atoms with van der Waals surface area (Å²) in [5.74, 6) is 0.142. The molecule has 0 saturated heterocycles. The topological polar surface area (TPSA) is 37.3 Å². The van der Waals surface area contributed by atoms with Crippen LogP contribution in [-0.2, 0) is 4.79 Å². The zero-order valence-corrected chi connectivity index (χ0v) is 16.8. The summed E-state index contributed by atoms with van der Waals surface area (Å²) in [6.45, 7) is 6.61. The van der Waals surface area contributed by atoms with E-state index < -0.39 is 5.97 Å². The first-order valence-electron chi connectivity index (χ1n) is 10.8. The summed E-state index contributed by atoms with van der Waals surface area (Å²) >= 11 is 0. The first-order chi connectivity index (χ1) is 11.6. The van der Waals surface area contributed by atoms with Crippen molar-refractivity contribution >= 4 is 5.97 Å². The SMILES string of the molecule is CCC(CCCCCCCCCCCCCCCC(C)C)C(=O)O. The molecule has 1 atom stereocenters. The highest BCUT2D eigenvalue weighted by Gasteiger charge is 2.13. The predicted octanol–water partition coefficient (Wildman–Crippen LogP) is 7.60. The molecule has 0 aliphatic rings. The lowest BCUT2D eigenvalue weighted by atomic mass is 9.98. The summed E-state index contributed by atoms with van der Waals surface area (Å²) in [6, 6.07) is 0. The van der Waals surface area contributed by atoms with Crippen molar-refractivity contribution in [3.05, 3.63) is 0 Å². The molecule has 2 heteroatoms. The minimum atomic E-state index is -0.613. The van der Waals surface area contributed by atoms with Crippen molar-refractivity contribution in [1.29, 1.82) is 0 Å². The lowest BCUT2D eigenvalue weighted by Crippen LogP contribution is -2.12. The van der Waals surface area contributed by atoms with Crippen LogP contribution < -0.4 is 0 Å². The molecule has 0 aromatic carbocycles. The Kier molecular flexibility index (Phi) is 16.9. The van der Waals surface area contributed by atoms with Crippen LogP contribution in [0.3, 0.4) is 0 Å². The zero-order valence-electron chi connectivity index (χ0n) is 16.8. The number of rotatable bonds is 18. The van der Waals surface area contributed by atoms with Gasteiger partial charge in [-0.25, -0.2) is 0 Å². The molecule has 144 valence electrons. The fourth-order valence-electron chi connectivity index (χ4n) is 3.39. The van der Waals surface area contributed by atoms with Gasteiger partial charge in [0.25, 0.3) is 0 Å². The fourth-order valence-corrected chi connectivity index (χ4v) is 3.39. The van der Waals surface area contributed by atoms with E-state index in [0.29, 0.717) is 0 Å². The molecule has 0 aromatic heterocycles. The third-order valence-electron chi connectivity index (χ3n) is 5.18. The van der Waals surface area contributed by atoms with E-state index >= 15 is 0 Å². The monoisotopic (exact) mass is 340 g/mol. The molecule has 0 spiro atoms. The number of carboxylic acid groups (broad SMARTS) is 1. The van der Waals surface area contributed by atoms with Gasteiger partial charge in [-0.3, -0.25) is 4.79 Å². The van der Waals surface area contributed by atoms with Gasteiger partial charge in [-0.1, -0.05) is 111 Å². The predicted molar refractivity (Wildman–Crippen MR) is 106 cm³/mol. The Labute approximate surface area is 151 Å². The normalized spacial score (nSPS) is 12.7. The molecule has 0 saturated carbocycles. The van der Waals surface area contributed by atoms with E-state index in [-0.39, 0.29) is 5.92 Å². The van der Waals surface area contributed by atoms with Crippen LogP contribution in [0.4, 0.5) is 0 Å². The summed E-state index contributed by atoms with van der Waals surface area (Å²) in [5.41, 5.74) is 0. The molecule has 0 aliphatic heterocycles. The lowest BCUT2D eigenvalue weighted by Gasteiger charge is -2.08. The van der Waals surface area contributed by atoms with Crippen LogP contribution in [0.1, 0.15) is 124 Å². The second-order valence-electron chi connectivity index (χ2n) is 8.01. The van der Waals surface area contributed by atoms with Crippen molar-refractivity contribution < 1.29 is 9.90 Å². The van der Waals surface area contributed by atoms with E-state index in [2.05, 4.69) is 13.8 Å². The fraction of sp³-hybridized carbons (Fsp3) is 0.955. The van der Waals surface area contributed by atoms with Crippen molar-refractivity contribution in [3.63, 3.8) is 0 Å². The maximum atomic E-state index is 10.9. The van der Waals surface area contributed by atoms with Gasteiger partial charge in [0.15, 0.2) is 0 Å². The van der Waals surface area contributed by atoms with Gasteiger partial charge in [0.05, 0.1) is 5.92 Å². The number of carboxylic acids is 1. The van der Waals surface area contributed by atoms with E-state index in [1.165, 1.54) is 83.5 Å². The Balaban J connectivity index is 3.14. The van der Waals surface area contributed by atoms with Crippen molar-refractivity contribution in [2.24, 2.45) is 11.8 Å². The molecule has 0 rings (SSSR count). The molecule has 0 amide bonds. The number of carbonyl (C=O) groups is 1. The second kappa shape index (κ2) is 17.3. The van der Waals surface area contributed by atoms with E-state index in [0.717, 1.165) is 25.2 Å². The lowest BCUT2D eigenvalue weighted by molar-refractivity contribution is -0.142. The van der Waals surface area contributed by atoms with Crippen LogP contribution >= 0.6 is 0 Å². The number of aliphatic carboxylic acids is 1. The van der Waals surface area contributed by atoms with E-state index in [9.17, 15) is 4.79 Å². The molecule has 0 fully saturated rings. The second-order valence-corrected chi connectivity index (χ2v) is 8.01. The Hall–Kier alpha value is -0.530. The van der Waals surface area contributed by atoms with Crippen LogP contribution in [0.2, 0.25) is 0 Å². The van der Waals surface area contributed by atoms with Gasteiger partial charge in [0, 0.05) is 0 Å². The first-order valence-corrected chi connectivity index (χ1v) is 10.8. The molecule has 0 radical (unpaired) electrons. The maximum Gasteiger partial charge on any atom is 0.306 e. The van der Waals surface area contributed by atoms with Gasteiger partial charge < -0.3 is 5.11 Å². The minimum Gasteiger partial charge on any atom is -0.481 e. The van der Waals surface area contributed by atoms with Crippen molar-refractivity contribution in [1.82, 2.24) is 0 Å². The summed E-state index contributed by atoms with van der Waals surface area (Å²) in [7, 11) is 0. The molecule has 0 aromatic rings. The zero-order chi connectivity index (χ0) is 18.0. The Morgan fingerprint density at radius 2 is 1.00 bits per heavy atom. The molecule has 24 heavy (non-hydrogen) atoms. The van der Waals surface area contributed by atoms with E-state index in [4.69, 9.17) is 5.11 Å². The highest BCUT2D eigenvalue weighted by Crippen LogP contribution is 2.17. The molecule has 0 heterocycles. The largest absolute Gasteiger partial charge is 0.481 e. The molecule has 1 unspecified atom stereocenters. The molecule has 2 nitrogen and oxygen atoms in total. The summed E-state index contributed by atoms with van der Waals surface area (Å²) in [4.78, 5) is 10.9. The Bertz CT molecular complexity index is 273. The van der Waals surface area contributed by atoms with Gasteiger partial charge in [-0.15, -0.1) is 0 Å². The van der Waals surface area contributed by atoms with Crippen LogP contribution in [0.15, 0.2) is 0 Å². The molecular formula is C22H44O2. The van der Waals surface area contributed by atoms with Gasteiger partial charge >= 0.3 is 5.97 Å². The van der Waals surface area contributed by atoms with Crippen molar-refractivity contribution in [2.75, 3.05) is 0 Å². The standard InChI is InChI=1S/C22H44O2/c1-4-21(22(23)24)19-17-15-13-11-9-7-5-6-8-10-12-14-16-18-20(2)3/h20-21H,4-19H2,1-3H3,(H,23,24). The van der Waals surface area contributed by atoms with Gasteiger partial charge in [-0.05, 0) is 18.8 Å². The third kappa shape index (κ3) is 16.3. The summed E-state index contributed by atoms with van der Waals surface area (Å²) in [6.07, 6.45) is 20.7. The van der Waals surface area contributed by atoms with E-state index in [1.54, 1.807) is 0 Å². The first kappa shape index (κ1) is 23.5. The van der Waals surface area contributed by atoms with E-state index in [1.807, 2.05) is 6.92 Å². The number of hydrogen-bond acceptors (Lipinski definition) is 1. The average molecular weight is 341 g/mol. The van der Waals surface area contributed by atoms with Crippen molar-refractivity contribution in [2.45, 2.75) is 124 Å². The van der Waals surface area contributed by atoms with Gasteiger partial charge in [0.2, 0.25) is 0 Å². The number of unbranched alkanes of at least 4 members (excludes halogenated alkanes) is 12. The summed E-state index contributed by atoms with van der Waals surface area (Å²) in [5, 5.41) is 9.00. The third-order valence-corrected chi connectivity index (χ3v) is 5.18. The molecular weight excluding hydrogens is 296 g/mol. The molecule has 1 N–H and O–H groups in total. The van der Waals surface area contributed by atoms with Gasteiger partial charge in [-0.2, -0.15) is 0 Å². The highest BCUT2D eigenvalue weighted by atomic mass is 16.4. The maximum absolute atomic E-state index is 10.9. The molecule has 0 aliphatic carbocycles. The van der Waals surface area contributed by atoms with Crippen LogP contribution in [0.25, 0.3) is 0 Å². The Morgan fingerprint density at radius 3 is 1.29 bits per heavy atom. The number of hydrogen-bond donors (Lipinski definition) is 1. The smallest absolute Gasteiger partial charge is 0.306 e.